The average Bonchev–Trinajstić information content (AvgIpc) is 2.86. The lowest BCUT2D eigenvalue weighted by Gasteiger charge is -2.48. The van der Waals surface area contributed by atoms with Crippen molar-refractivity contribution in [3.63, 3.8) is 0 Å². The largest absolute Gasteiger partial charge is 0.392 e. The standard InChI is InChI=1S/C31H65NO5/c1-7-11-12-13-14-15-16-17-18-19-20-21-22-30(35-23-8-2)31(36-24-9-3,37-25-10-4)32(26-28(5)33)27-29(6)34/h28-30,33-34H,7-27H2,1-6H3. The number of nitrogens with zero attached hydrogens (tertiary/aromatic N) is 1. The van der Waals surface area contributed by atoms with Crippen molar-refractivity contribution in [2.24, 2.45) is 0 Å². The van der Waals surface area contributed by atoms with Gasteiger partial charge in [0.15, 0.2) is 0 Å². The number of rotatable bonds is 28. The molecule has 0 aromatic carbocycles. The molecule has 0 aromatic heterocycles. The van der Waals surface area contributed by atoms with Gasteiger partial charge in [0.05, 0.1) is 25.4 Å². The number of unbranched alkanes of at least 4 members (excludes halogenated alkanes) is 11. The van der Waals surface area contributed by atoms with E-state index in [9.17, 15) is 10.2 Å². The molecule has 224 valence electrons. The van der Waals surface area contributed by atoms with Crippen LogP contribution in [0.15, 0.2) is 0 Å². The van der Waals surface area contributed by atoms with E-state index in [1.807, 2.05) is 4.90 Å². The van der Waals surface area contributed by atoms with Crippen LogP contribution in [0.2, 0.25) is 0 Å². The van der Waals surface area contributed by atoms with E-state index < -0.39 is 18.1 Å². The van der Waals surface area contributed by atoms with Crippen LogP contribution < -0.4 is 0 Å². The second-order valence-corrected chi connectivity index (χ2v) is 11.0. The van der Waals surface area contributed by atoms with E-state index in [0.717, 1.165) is 32.1 Å². The Balaban J connectivity index is 5.19. The predicted molar refractivity (Wildman–Crippen MR) is 156 cm³/mol. The Labute approximate surface area is 230 Å². The molecule has 0 rings (SSSR count). The normalized spacial score (nSPS) is 14.8. The molecule has 0 aliphatic heterocycles. The first kappa shape index (κ1) is 36.8. The highest BCUT2D eigenvalue weighted by atomic mass is 16.7. The Morgan fingerprint density at radius 1 is 0.568 bits per heavy atom. The van der Waals surface area contributed by atoms with E-state index in [4.69, 9.17) is 14.2 Å². The minimum absolute atomic E-state index is 0.286. The minimum Gasteiger partial charge on any atom is -0.392 e. The van der Waals surface area contributed by atoms with Gasteiger partial charge < -0.3 is 24.4 Å². The summed E-state index contributed by atoms with van der Waals surface area (Å²) >= 11 is 0. The molecule has 6 heteroatoms. The van der Waals surface area contributed by atoms with Gasteiger partial charge in [0.1, 0.15) is 6.10 Å². The van der Waals surface area contributed by atoms with Crippen LogP contribution >= 0.6 is 0 Å². The highest BCUT2D eigenvalue weighted by molar-refractivity contribution is 4.85. The van der Waals surface area contributed by atoms with Crippen LogP contribution in [0.5, 0.6) is 0 Å². The third-order valence-corrected chi connectivity index (χ3v) is 6.69. The summed E-state index contributed by atoms with van der Waals surface area (Å²) in [5.74, 6) is -1.12. The van der Waals surface area contributed by atoms with Gasteiger partial charge in [0, 0.05) is 19.7 Å². The topological polar surface area (TPSA) is 71.4 Å². The summed E-state index contributed by atoms with van der Waals surface area (Å²) in [5, 5.41) is 20.6. The summed E-state index contributed by atoms with van der Waals surface area (Å²) in [7, 11) is 0. The number of ether oxygens (including phenoxy) is 3. The average molecular weight is 532 g/mol. The van der Waals surface area contributed by atoms with Crippen LogP contribution in [-0.2, 0) is 14.2 Å². The van der Waals surface area contributed by atoms with Gasteiger partial charge in [-0.1, -0.05) is 105 Å². The summed E-state index contributed by atoms with van der Waals surface area (Å²) in [6, 6.07) is 0. The number of hydrogen-bond donors (Lipinski definition) is 2. The first-order valence-electron chi connectivity index (χ1n) is 15.9. The van der Waals surface area contributed by atoms with Crippen molar-refractivity contribution in [1.29, 1.82) is 0 Å². The molecule has 0 saturated heterocycles. The molecule has 0 aromatic rings. The molecule has 37 heavy (non-hydrogen) atoms. The molecule has 0 aliphatic rings. The fraction of sp³-hybridized carbons (Fsp3) is 1.00. The van der Waals surface area contributed by atoms with Gasteiger partial charge in [-0.3, -0.25) is 0 Å². The van der Waals surface area contributed by atoms with Crippen LogP contribution in [-0.4, -0.2) is 72.2 Å². The van der Waals surface area contributed by atoms with Crippen LogP contribution in [0.1, 0.15) is 144 Å². The van der Waals surface area contributed by atoms with Crippen molar-refractivity contribution < 1.29 is 24.4 Å². The van der Waals surface area contributed by atoms with Crippen LogP contribution in [0.3, 0.4) is 0 Å². The lowest BCUT2D eigenvalue weighted by atomic mass is 10.0. The Bertz CT molecular complexity index is 457. The number of hydrogen-bond acceptors (Lipinski definition) is 6. The van der Waals surface area contributed by atoms with E-state index in [1.165, 1.54) is 70.6 Å². The van der Waals surface area contributed by atoms with Crippen LogP contribution in [0.25, 0.3) is 0 Å². The van der Waals surface area contributed by atoms with Gasteiger partial charge in [-0.2, -0.15) is 0 Å². The Morgan fingerprint density at radius 2 is 0.973 bits per heavy atom. The number of aliphatic hydroxyl groups excluding tert-OH is 2. The first-order valence-corrected chi connectivity index (χ1v) is 15.9. The molecule has 0 aliphatic carbocycles. The molecule has 0 amide bonds. The molecule has 0 heterocycles. The highest BCUT2D eigenvalue weighted by Crippen LogP contribution is 2.31. The monoisotopic (exact) mass is 531 g/mol. The Hall–Kier alpha value is -0.240. The zero-order valence-electron chi connectivity index (χ0n) is 25.6. The third-order valence-electron chi connectivity index (χ3n) is 6.69. The molecule has 3 atom stereocenters. The fourth-order valence-electron chi connectivity index (χ4n) is 4.88. The van der Waals surface area contributed by atoms with E-state index in [2.05, 4.69) is 27.7 Å². The fourth-order valence-corrected chi connectivity index (χ4v) is 4.88. The molecule has 0 spiro atoms. The van der Waals surface area contributed by atoms with Gasteiger partial charge in [-0.15, -0.1) is 0 Å². The Kier molecular flexibility index (Phi) is 24.6. The molecular formula is C31H65NO5. The van der Waals surface area contributed by atoms with Crippen molar-refractivity contribution in [2.45, 2.75) is 168 Å². The molecule has 0 radical (unpaired) electrons. The quantitative estimate of drug-likeness (QED) is 0.0807. The first-order chi connectivity index (χ1) is 17.9. The zero-order valence-corrected chi connectivity index (χ0v) is 25.6. The van der Waals surface area contributed by atoms with Crippen LogP contribution in [0, 0.1) is 0 Å². The zero-order chi connectivity index (χ0) is 27.8. The van der Waals surface area contributed by atoms with Gasteiger partial charge in [-0.05, 0) is 39.5 Å². The van der Waals surface area contributed by atoms with E-state index in [1.54, 1.807) is 13.8 Å². The van der Waals surface area contributed by atoms with Gasteiger partial charge in [-0.25, -0.2) is 4.90 Å². The number of aliphatic hydroxyl groups is 2. The maximum atomic E-state index is 10.3. The second-order valence-electron chi connectivity index (χ2n) is 11.0. The van der Waals surface area contributed by atoms with E-state index in [0.29, 0.717) is 32.9 Å². The molecule has 0 bridgehead atoms. The minimum atomic E-state index is -1.12. The maximum absolute atomic E-state index is 10.3. The molecular weight excluding hydrogens is 466 g/mol. The predicted octanol–water partition coefficient (Wildman–Crippen LogP) is 7.44. The highest BCUT2D eigenvalue weighted by Gasteiger charge is 2.48. The second kappa shape index (κ2) is 24.8. The van der Waals surface area contributed by atoms with Gasteiger partial charge >= 0.3 is 0 Å². The maximum Gasteiger partial charge on any atom is 0.257 e. The summed E-state index contributed by atoms with van der Waals surface area (Å²) in [6.45, 7) is 14.5. The summed E-state index contributed by atoms with van der Waals surface area (Å²) in [6.07, 6.45) is 17.8. The molecule has 6 nitrogen and oxygen atoms in total. The summed E-state index contributed by atoms with van der Waals surface area (Å²) in [4.78, 5) is 1.98. The molecule has 2 N–H and O–H groups in total. The lowest BCUT2D eigenvalue weighted by Crippen LogP contribution is -2.64. The summed E-state index contributed by atoms with van der Waals surface area (Å²) < 4.78 is 19.5. The summed E-state index contributed by atoms with van der Waals surface area (Å²) in [5.41, 5.74) is 0. The van der Waals surface area contributed by atoms with E-state index >= 15 is 0 Å². The molecule has 0 fully saturated rings. The van der Waals surface area contributed by atoms with Gasteiger partial charge in [0.2, 0.25) is 0 Å². The SMILES string of the molecule is CCCCCCCCCCCCCCC(OCCC)C(OCCC)(OCCC)N(CC(C)O)CC(C)O. The van der Waals surface area contributed by atoms with Gasteiger partial charge in [0.25, 0.3) is 5.91 Å². The smallest absolute Gasteiger partial charge is 0.257 e. The van der Waals surface area contributed by atoms with Crippen molar-refractivity contribution in [3.8, 4) is 0 Å². The van der Waals surface area contributed by atoms with Crippen LogP contribution in [0.4, 0.5) is 0 Å². The van der Waals surface area contributed by atoms with Crippen molar-refractivity contribution in [3.05, 3.63) is 0 Å². The molecule has 0 saturated carbocycles. The van der Waals surface area contributed by atoms with E-state index in [-0.39, 0.29) is 6.10 Å². The van der Waals surface area contributed by atoms with Crippen molar-refractivity contribution >= 4 is 0 Å². The van der Waals surface area contributed by atoms with Crippen molar-refractivity contribution in [2.75, 3.05) is 32.9 Å². The Morgan fingerprint density at radius 3 is 1.35 bits per heavy atom. The third kappa shape index (κ3) is 17.9. The lowest BCUT2D eigenvalue weighted by molar-refractivity contribution is -0.367. The van der Waals surface area contributed by atoms with Crippen molar-refractivity contribution in [1.82, 2.24) is 4.90 Å². The molecule has 3 unspecified atom stereocenters.